The van der Waals surface area contributed by atoms with E-state index >= 15 is 0 Å². The number of aryl methyl sites for hydroxylation is 2. The van der Waals surface area contributed by atoms with Crippen LogP contribution < -0.4 is 15.7 Å². The Hall–Kier alpha value is -4.27. The van der Waals surface area contributed by atoms with Gasteiger partial charge < -0.3 is 29.7 Å². The van der Waals surface area contributed by atoms with E-state index in [1.54, 1.807) is 37.4 Å². The number of aromatic hydroxyl groups is 1. The first-order chi connectivity index (χ1) is 17.7. The quantitative estimate of drug-likeness (QED) is 0.281. The molecule has 0 fully saturated rings. The van der Waals surface area contributed by atoms with Gasteiger partial charge in [0.05, 0.1) is 5.39 Å². The lowest BCUT2D eigenvalue weighted by atomic mass is 9.90. The largest absolute Gasteiger partial charge is 0.508 e. The molecule has 2 heterocycles. The Morgan fingerprint density at radius 3 is 2.68 bits per heavy atom. The minimum Gasteiger partial charge on any atom is -0.508 e. The molecule has 37 heavy (non-hydrogen) atoms. The molecule has 0 saturated heterocycles. The second-order valence-electron chi connectivity index (χ2n) is 9.60. The highest BCUT2D eigenvalue weighted by Crippen LogP contribution is 2.35. The first kappa shape index (κ1) is 24.4. The van der Waals surface area contributed by atoms with Crippen molar-refractivity contribution in [2.45, 2.75) is 58.1 Å². The molecule has 0 spiro atoms. The van der Waals surface area contributed by atoms with Gasteiger partial charge in [-0.3, -0.25) is 4.79 Å². The Morgan fingerprint density at radius 1 is 1.16 bits per heavy atom. The lowest BCUT2D eigenvalue weighted by Crippen LogP contribution is -2.47. The summed E-state index contributed by atoms with van der Waals surface area (Å²) in [6.07, 6.45) is 3.90. The van der Waals surface area contributed by atoms with E-state index in [4.69, 9.17) is 9.15 Å². The molecule has 2 aromatic heterocycles. The number of phenolic OH excluding ortho intramolecular Hbond substituents is 1. The highest BCUT2D eigenvalue weighted by Gasteiger charge is 2.27. The molecule has 0 radical (unpaired) electrons. The van der Waals surface area contributed by atoms with E-state index < -0.39 is 24.0 Å². The molecular weight excluding hydrogens is 476 g/mol. The van der Waals surface area contributed by atoms with E-state index in [2.05, 4.69) is 10.3 Å². The molecule has 0 saturated carbocycles. The minimum atomic E-state index is -1.21. The number of carboxylic acid groups (broad SMARTS) is 1. The topological polar surface area (TPSA) is 142 Å². The molecule has 9 nitrogen and oxygen atoms in total. The number of nitrogens with one attached hydrogen (secondary N) is 2. The number of hydrogen-bond donors (Lipinski definition) is 4. The summed E-state index contributed by atoms with van der Waals surface area (Å²) in [6, 6.07) is 7.16. The highest BCUT2D eigenvalue weighted by atomic mass is 16.5. The molecule has 0 aliphatic heterocycles. The number of aliphatic carboxylic acids is 1. The molecule has 2 aromatic carbocycles. The summed E-state index contributed by atoms with van der Waals surface area (Å²) in [5, 5.41) is 23.6. The van der Waals surface area contributed by atoms with Crippen molar-refractivity contribution in [3.05, 3.63) is 69.2 Å². The van der Waals surface area contributed by atoms with Gasteiger partial charge in [0.25, 0.3) is 5.91 Å². The third kappa shape index (κ3) is 4.76. The minimum absolute atomic E-state index is 0.0172. The van der Waals surface area contributed by atoms with Crippen LogP contribution in [0.15, 0.2) is 45.7 Å². The predicted octanol–water partition coefficient (Wildman–Crippen LogP) is 3.75. The number of aromatic nitrogens is 1. The van der Waals surface area contributed by atoms with Gasteiger partial charge in [-0.2, -0.15) is 0 Å². The third-order valence-corrected chi connectivity index (χ3v) is 6.89. The SMILES string of the molecule is Cc1cc(O[C@@H](C)C(=O)N[C@H](Cc2c[nH]c3ccc(O)cc23)C(=O)O)c2c3c(c(=O)oc2c1)CCCC3. The van der Waals surface area contributed by atoms with Crippen LogP contribution in [0.2, 0.25) is 0 Å². The van der Waals surface area contributed by atoms with E-state index in [0.29, 0.717) is 39.7 Å². The van der Waals surface area contributed by atoms with E-state index in [-0.39, 0.29) is 17.8 Å². The second-order valence-corrected chi connectivity index (χ2v) is 9.60. The zero-order chi connectivity index (χ0) is 26.3. The van der Waals surface area contributed by atoms with Crippen LogP contribution in [0.25, 0.3) is 21.9 Å². The highest BCUT2D eigenvalue weighted by molar-refractivity contribution is 5.91. The number of carbonyl (C=O) groups is 2. The van der Waals surface area contributed by atoms with Crippen molar-refractivity contribution in [3.63, 3.8) is 0 Å². The fourth-order valence-electron chi connectivity index (χ4n) is 5.05. The van der Waals surface area contributed by atoms with Crippen molar-refractivity contribution in [1.82, 2.24) is 10.3 Å². The molecule has 9 heteroatoms. The first-order valence-electron chi connectivity index (χ1n) is 12.3. The number of aromatic amines is 1. The molecule has 4 N–H and O–H groups in total. The van der Waals surface area contributed by atoms with Gasteiger partial charge in [-0.05, 0) is 86.6 Å². The van der Waals surface area contributed by atoms with E-state index in [9.17, 15) is 24.6 Å². The van der Waals surface area contributed by atoms with Gasteiger partial charge in [-0.1, -0.05) is 0 Å². The number of carbonyl (C=O) groups excluding carboxylic acids is 1. The van der Waals surface area contributed by atoms with Crippen molar-refractivity contribution in [3.8, 4) is 11.5 Å². The van der Waals surface area contributed by atoms with Gasteiger partial charge in [0.2, 0.25) is 0 Å². The summed E-state index contributed by atoms with van der Waals surface area (Å²) < 4.78 is 11.7. The van der Waals surface area contributed by atoms with Gasteiger partial charge in [0.1, 0.15) is 23.1 Å². The standard InChI is InChI=1S/C28H28N2O7/c1-14-9-23(25-18-5-3-4-6-19(18)28(35)37-24(25)10-14)36-15(2)26(32)30-22(27(33)34)11-16-13-29-21-8-7-17(31)12-20(16)21/h7-10,12-13,15,22,29,31H,3-6,11H2,1-2H3,(H,30,32)(H,33,34)/t15-,22+/m0/s1. The van der Waals surface area contributed by atoms with Gasteiger partial charge in [0, 0.05) is 29.1 Å². The second kappa shape index (κ2) is 9.65. The molecule has 5 rings (SSSR count). The Labute approximate surface area is 212 Å². The molecule has 0 unspecified atom stereocenters. The number of phenols is 1. The van der Waals surface area contributed by atoms with Gasteiger partial charge in [-0.25, -0.2) is 9.59 Å². The molecule has 2 atom stereocenters. The maximum atomic E-state index is 13.1. The number of ether oxygens (including phenoxy) is 1. The van der Waals surface area contributed by atoms with Crippen molar-refractivity contribution in [2.75, 3.05) is 0 Å². The molecule has 1 aliphatic carbocycles. The number of amides is 1. The van der Waals surface area contributed by atoms with E-state index in [0.717, 1.165) is 35.9 Å². The Bertz CT molecular complexity index is 1580. The van der Waals surface area contributed by atoms with Crippen LogP contribution in [0, 0.1) is 6.92 Å². The summed E-state index contributed by atoms with van der Waals surface area (Å²) in [4.78, 5) is 40.6. The molecule has 1 aliphatic rings. The summed E-state index contributed by atoms with van der Waals surface area (Å²) in [6.45, 7) is 3.40. The van der Waals surface area contributed by atoms with Crippen molar-refractivity contribution < 1.29 is 29.0 Å². The van der Waals surface area contributed by atoms with Crippen LogP contribution in [0.3, 0.4) is 0 Å². The maximum Gasteiger partial charge on any atom is 0.339 e. The van der Waals surface area contributed by atoms with Crippen LogP contribution >= 0.6 is 0 Å². The van der Waals surface area contributed by atoms with Crippen LogP contribution in [0.4, 0.5) is 0 Å². The monoisotopic (exact) mass is 504 g/mol. The third-order valence-electron chi connectivity index (χ3n) is 6.89. The molecule has 192 valence electrons. The summed E-state index contributed by atoms with van der Waals surface area (Å²) in [5.74, 6) is -1.28. The normalized spacial score (nSPS) is 14.8. The summed E-state index contributed by atoms with van der Waals surface area (Å²) in [7, 11) is 0. The van der Waals surface area contributed by atoms with Crippen LogP contribution in [0.5, 0.6) is 11.5 Å². The lowest BCUT2D eigenvalue weighted by Gasteiger charge is -2.22. The smallest absolute Gasteiger partial charge is 0.339 e. The van der Waals surface area contributed by atoms with Crippen LogP contribution in [-0.4, -0.2) is 39.2 Å². The molecular formula is C28H28N2O7. The van der Waals surface area contributed by atoms with Crippen molar-refractivity contribution in [1.29, 1.82) is 0 Å². The van der Waals surface area contributed by atoms with Crippen LogP contribution in [-0.2, 0) is 28.9 Å². The van der Waals surface area contributed by atoms with Gasteiger partial charge >= 0.3 is 11.6 Å². The lowest BCUT2D eigenvalue weighted by molar-refractivity contribution is -0.142. The molecule has 1 amide bonds. The number of benzene rings is 2. The maximum absolute atomic E-state index is 13.1. The molecule has 4 aromatic rings. The molecule has 0 bridgehead atoms. The van der Waals surface area contributed by atoms with Crippen molar-refractivity contribution in [2.24, 2.45) is 0 Å². The number of carboxylic acids is 1. The average Bonchev–Trinajstić information content (AvgIpc) is 3.24. The fraction of sp³-hybridized carbons (Fsp3) is 0.321. The summed E-state index contributed by atoms with van der Waals surface area (Å²) in [5.41, 5.74) is 3.84. The number of hydrogen-bond acceptors (Lipinski definition) is 6. The zero-order valence-corrected chi connectivity index (χ0v) is 20.6. The van der Waals surface area contributed by atoms with Crippen molar-refractivity contribution >= 4 is 33.7 Å². The first-order valence-corrected chi connectivity index (χ1v) is 12.3. The number of rotatable bonds is 7. The van der Waals surface area contributed by atoms with Gasteiger partial charge in [-0.15, -0.1) is 0 Å². The van der Waals surface area contributed by atoms with E-state index in [1.165, 1.54) is 6.07 Å². The summed E-state index contributed by atoms with van der Waals surface area (Å²) >= 11 is 0. The average molecular weight is 505 g/mol. The Morgan fingerprint density at radius 2 is 1.92 bits per heavy atom. The van der Waals surface area contributed by atoms with E-state index in [1.807, 2.05) is 6.92 Å². The number of H-pyrrole nitrogens is 1. The Kier molecular flexibility index (Phi) is 6.37. The van der Waals surface area contributed by atoms with Gasteiger partial charge in [0.15, 0.2) is 6.10 Å². The predicted molar refractivity (Wildman–Crippen MR) is 137 cm³/mol. The number of fused-ring (bicyclic) bond motifs is 4. The zero-order valence-electron chi connectivity index (χ0n) is 20.6. The Balaban J connectivity index is 1.39. The fourth-order valence-corrected chi connectivity index (χ4v) is 5.05. The van der Waals surface area contributed by atoms with Crippen LogP contribution in [0.1, 0.15) is 42.0 Å².